The zero-order chi connectivity index (χ0) is 28.6. The highest BCUT2D eigenvalue weighted by Crippen LogP contribution is 2.31. The van der Waals surface area contributed by atoms with Gasteiger partial charge in [-0.3, -0.25) is 9.59 Å². The normalized spacial score (nSPS) is 12.9. The van der Waals surface area contributed by atoms with Crippen molar-refractivity contribution in [3.8, 4) is 5.75 Å². The first-order valence-electron chi connectivity index (χ1n) is 13.6. The first-order chi connectivity index (χ1) is 18.5. The molecule has 0 aromatic heterocycles. The Morgan fingerprint density at radius 2 is 1.67 bits per heavy atom. The molecule has 0 radical (unpaired) electrons. The molecule has 0 aliphatic heterocycles. The van der Waals surface area contributed by atoms with Gasteiger partial charge in [0.15, 0.2) is 6.61 Å². The molecule has 5 nitrogen and oxygen atoms in total. The molecule has 2 atom stereocenters. The molecule has 0 spiro atoms. The third-order valence-electron chi connectivity index (χ3n) is 6.86. The Hall–Kier alpha value is -3.12. The molecule has 0 unspecified atom stereocenters. The van der Waals surface area contributed by atoms with Crippen molar-refractivity contribution in [2.45, 2.75) is 78.4 Å². The molecule has 0 aliphatic carbocycles. The van der Waals surface area contributed by atoms with Gasteiger partial charge in [-0.2, -0.15) is 0 Å². The summed E-state index contributed by atoms with van der Waals surface area (Å²) in [7, 11) is 0. The Bertz CT molecular complexity index is 1250. The SMILES string of the molecule is CC[C@@H](C)NC(=O)[C@@H](Cc1ccccc1)N(Cc1cccc(C)c1)C(=O)COc1ccc(C(C)(C)C)cc1Br. The fourth-order valence-corrected chi connectivity index (χ4v) is 4.80. The van der Waals surface area contributed by atoms with Crippen molar-refractivity contribution in [1.29, 1.82) is 0 Å². The van der Waals surface area contributed by atoms with Crippen LogP contribution in [0.25, 0.3) is 0 Å². The lowest BCUT2D eigenvalue weighted by Gasteiger charge is -2.32. The van der Waals surface area contributed by atoms with Crippen molar-refractivity contribution < 1.29 is 14.3 Å². The summed E-state index contributed by atoms with van der Waals surface area (Å²) in [4.78, 5) is 29.1. The van der Waals surface area contributed by atoms with E-state index in [-0.39, 0.29) is 29.9 Å². The maximum Gasteiger partial charge on any atom is 0.261 e. The largest absolute Gasteiger partial charge is 0.483 e. The number of nitrogens with zero attached hydrogens (tertiary/aromatic N) is 1. The van der Waals surface area contributed by atoms with Crippen LogP contribution >= 0.6 is 15.9 Å². The van der Waals surface area contributed by atoms with Crippen molar-refractivity contribution in [3.63, 3.8) is 0 Å². The van der Waals surface area contributed by atoms with E-state index in [0.29, 0.717) is 18.7 Å². The summed E-state index contributed by atoms with van der Waals surface area (Å²) < 4.78 is 6.82. The minimum atomic E-state index is -0.690. The second-order valence-electron chi connectivity index (χ2n) is 11.2. The molecule has 3 aromatic rings. The van der Waals surface area contributed by atoms with Gasteiger partial charge in [-0.05, 0) is 70.4 Å². The van der Waals surface area contributed by atoms with E-state index in [1.54, 1.807) is 4.90 Å². The fraction of sp³-hybridized carbons (Fsp3) is 0.394. The van der Waals surface area contributed by atoms with Gasteiger partial charge in [-0.25, -0.2) is 0 Å². The summed E-state index contributed by atoms with van der Waals surface area (Å²) in [6.45, 7) is 12.6. The molecule has 3 aromatic carbocycles. The van der Waals surface area contributed by atoms with Crippen molar-refractivity contribution in [3.05, 3.63) is 99.5 Å². The minimum Gasteiger partial charge on any atom is -0.483 e. The fourth-order valence-electron chi connectivity index (χ4n) is 4.31. The van der Waals surface area contributed by atoms with Gasteiger partial charge in [0.05, 0.1) is 4.47 Å². The zero-order valence-corrected chi connectivity index (χ0v) is 25.5. The number of nitrogens with one attached hydrogen (secondary N) is 1. The lowest BCUT2D eigenvalue weighted by atomic mass is 9.87. The molecular weight excluding hydrogens is 552 g/mol. The van der Waals surface area contributed by atoms with Crippen molar-refractivity contribution in [1.82, 2.24) is 10.2 Å². The molecule has 3 rings (SSSR count). The van der Waals surface area contributed by atoms with Crippen molar-refractivity contribution in [2.75, 3.05) is 6.61 Å². The van der Waals surface area contributed by atoms with Crippen LogP contribution in [0.3, 0.4) is 0 Å². The number of amides is 2. The quantitative estimate of drug-likeness (QED) is 0.261. The van der Waals surface area contributed by atoms with Crippen molar-refractivity contribution in [2.24, 2.45) is 0 Å². The summed E-state index contributed by atoms with van der Waals surface area (Å²) in [5.41, 5.74) is 4.22. The average molecular weight is 594 g/mol. The first-order valence-corrected chi connectivity index (χ1v) is 14.4. The Kier molecular flexibility index (Phi) is 10.8. The molecule has 208 valence electrons. The van der Waals surface area contributed by atoms with Gasteiger partial charge >= 0.3 is 0 Å². The molecule has 0 saturated heterocycles. The van der Waals surface area contributed by atoms with E-state index in [1.165, 1.54) is 5.56 Å². The number of aryl methyl sites for hydroxylation is 1. The first kappa shape index (κ1) is 30.4. The van der Waals surface area contributed by atoms with Gasteiger partial charge in [-0.1, -0.05) is 93.9 Å². The Morgan fingerprint density at radius 1 is 0.974 bits per heavy atom. The molecule has 6 heteroatoms. The standard InChI is InChI=1S/C33H41BrN2O3/c1-7-24(3)35-32(38)29(19-25-13-9-8-10-14-25)36(21-26-15-11-12-23(2)18-26)31(37)22-39-30-17-16-27(20-28(30)34)33(4,5)6/h8-18,20,24,29H,7,19,21-22H2,1-6H3,(H,35,38)/t24-,29-/m1/s1. The molecule has 0 saturated carbocycles. The van der Waals surface area contributed by atoms with Crippen LogP contribution in [0.15, 0.2) is 77.3 Å². The number of benzene rings is 3. The summed E-state index contributed by atoms with van der Waals surface area (Å²) in [6.07, 6.45) is 1.21. The van der Waals surface area contributed by atoms with Crippen LogP contribution in [0.4, 0.5) is 0 Å². The topological polar surface area (TPSA) is 58.6 Å². The van der Waals surface area contributed by atoms with Gasteiger partial charge in [0.25, 0.3) is 5.91 Å². The predicted octanol–water partition coefficient (Wildman–Crippen LogP) is 6.99. The van der Waals surface area contributed by atoms with Crippen molar-refractivity contribution >= 4 is 27.7 Å². The van der Waals surface area contributed by atoms with E-state index in [4.69, 9.17) is 4.74 Å². The second kappa shape index (κ2) is 13.8. The molecule has 0 heterocycles. The zero-order valence-electron chi connectivity index (χ0n) is 24.0. The van der Waals surface area contributed by atoms with Crippen LogP contribution in [0, 0.1) is 6.92 Å². The highest BCUT2D eigenvalue weighted by molar-refractivity contribution is 9.10. The number of hydrogen-bond donors (Lipinski definition) is 1. The maximum atomic E-state index is 13.8. The number of hydrogen-bond acceptors (Lipinski definition) is 3. The average Bonchev–Trinajstić information content (AvgIpc) is 2.89. The monoisotopic (exact) mass is 592 g/mol. The highest BCUT2D eigenvalue weighted by atomic mass is 79.9. The summed E-state index contributed by atoms with van der Waals surface area (Å²) in [6, 6.07) is 23.1. The predicted molar refractivity (Wildman–Crippen MR) is 162 cm³/mol. The van der Waals surface area contributed by atoms with Crippen LogP contribution in [0.5, 0.6) is 5.75 Å². The number of carbonyl (C=O) groups is 2. The van der Waals surface area contributed by atoms with Gasteiger partial charge in [-0.15, -0.1) is 0 Å². The lowest BCUT2D eigenvalue weighted by molar-refractivity contribution is -0.143. The molecule has 0 bridgehead atoms. The van der Waals surface area contributed by atoms with Crippen LogP contribution < -0.4 is 10.1 Å². The molecular formula is C33H41BrN2O3. The van der Waals surface area contributed by atoms with Crippen LogP contribution in [-0.2, 0) is 28.0 Å². The van der Waals surface area contributed by atoms with E-state index in [0.717, 1.165) is 27.6 Å². The van der Waals surface area contributed by atoms with Gasteiger partial charge in [0, 0.05) is 19.0 Å². The molecule has 0 aliphatic rings. The Labute approximate surface area is 242 Å². The van der Waals surface area contributed by atoms with E-state index in [9.17, 15) is 9.59 Å². The molecule has 2 amide bonds. The van der Waals surface area contributed by atoms with Gasteiger partial charge in [0.1, 0.15) is 11.8 Å². The summed E-state index contributed by atoms with van der Waals surface area (Å²) >= 11 is 3.61. The van der Waals surface area contributed by atoms with Gasteiger partial charge < -0.3 is 15.0 Å². The lowest BCUT2D eigenvalue weighted by Crippen LogP contribution is -2.53. The van der Waals surface area contributed by atoms with E-state index < -0.39 is 6.04 Å². The van der Waals surface area contributed by atoms with Gasteiger partial charge in [0.2, 0.25) is 5.91 Å². The highest BCUT2D eigenvalue weighted by Gasteiger charge is 2.31. The van der Waals surface area contributed by atoms with E-state index >= 15 is 0 Å². The van der Waals surface area contributed by atoms with E-state index in [2.05, 4.69) is 48.1 Å². The molecule has 1 N–H and O–H groups in total. The smallest absolute Gasteiger partial charge is 0.261 e. The van der Waals surface area contributed by atoms with Crippen LogP contribution in [0.1, 0.15) is 63.3 Å². The molecule has 0 fully saturated rings. The Balaban J connectivity index is 1.92. The summed E-state index contributed by atoms with van der Waals surface area (Å²) in [5.74, 6) is 0.184. The number of rotatable bonds is 11. The van der Waals surface area contributed by atoms with E-state index in [1.807, 2.05) is 87.5 Å². The number of halogens is 1. The Morgan fingerprint density at radius 3 is 2.28 bits per heavy atom. The number of ether oxygens (including phenoxy) is 1. The van der Waals surface area contributed by atoms with Crippen LogP contribution in [-0.4, -0.2) is 35.4 Å². The minimum absolute atomic E-state index is 0.000214. The molecule has 39 heavy (non-hydrogen) atoms. The third-order valence-corrected chi connectivity index (χ3v) is 7.48. The second-order valence-corrected chi connectivity index (χ2v) is 12.1. The maximum absolute atomic E-state index is 13.8. The van der Waals surface area contributed by atoms with Crippen LogP contribution in [0.2, 0.25) is 0 Å². The summed E-state index contributed by atoms with van der Waals surface area (Å²) in [5, 5.41) is 3.10. The number of carbonyl (C=O) groups excluding carboxylic acids is 2. The third kappa shape index (κ3) is 8.96.